The molecule has 4 aromatic heterocycles. The van der Waals surface area contributed by atoms with Crippen molar-refractivity contribution in [2.45, 2.75) is 57.8 Å². The molecule has 0 amide bonds. The summed E-state index contributed by atoms with van der Waals surface area (Å²) < 4.78 is 27.1. The van der Waals surface area contributed by atoms with E-state index in [2.05, 4.69) is 330 Å². The van der Waals surface area contributed by atoms with Crippen molar-refractivity contribution in [1.82, 2.24) is 0 Å². The lowest BCUT2D eigenvalue weighted by molar-refractivity contribution is 0.631. The van der Waals surface area contributed by atoms with Crippen molar-refractivity contribution in [2.24, 2.45) is 0 Å². The molecule has 3 aliphatic rings. The standard InChI is InChI=1S/C101H68N2O4/c1-99(2)83-41-29-57-15-7-11-19-73(57)97(83)77-39-35-69(49-85(77)99)102(67-31-27-59-43-65(25-23-61(59)45-67)91-47-63-17-9-13-21-89(63)104-91)71-33-37-75-81-53-87-79(55-95(81)106-93(75)51-71)80-56-96-82(54-88(80)101(87,5)6)76-38-34-72(52-94(76)107-96)103(68-32-28-60-44-66(26-24-62(60)46-68)92-48-64-18-10-14-22-90(64)105-92)70-36-40-78-86(50-70)100(3,4)84-42-30-58-16-8-12-20-74(58)98(78)84/h7-56H,1-6H3. The molecule has 0 saturated carbocycles. The molecule has 4 heterocycles. The van der Waals surface area contributed by atoms with Gasteiger partial charge in [-0.05, 0) is 243 Å². The number of para-hydroxylation sites is 2. The molecule has 0 radical (unpaired) electrons. The number of hydrogen-bond donors (Lipinski definition) is 0. The second kappa shape index (κ2) is 21.5. The smallest absolute Gasteiger partial charge is 0.137 e. The summed E-state index contributed by atoms with van der Waals surface area (Å²) in [5, 5.41) is 16.2. The quantitative estimate of drug-likeness (QED) is 0.151. The van der Waals surface area contributed by atoms with Crippen LogP contribution in [0.3, 0.4) is 0 Å². The summed E-state index contributed by atoms with van der Waals surface area (Å²) in [6.45, 7) is 14.2. The summed E-state index contributed by atoms with van der Waals surface area (Å²) in [5.74, 6) is 1.72. The first-order chi connectivity index (χ1) is 52.2. The Bertz CT molecular complexity index is 6830. The number of furan rings is 4. The van der Waals surface area contributed by atoms with Crippen LogP contribution in [0, 0.1) is 0 Å². The van der Waals surface area contributed by atoms with Gasteiger partial charge in [-0.25, -0.2) is 0 Å². The molecule has 0 bridgehead atoms. The van der Waals surface area contributed by atoms with Gasteiger partial charge in [0, 0.05) is 106 Å². The van der Waals surface area contributed by atoms with Gasteiger partial charge in [0.1, 0.15) is 45.0 Å². The number of nitrogens with zero attached hydrogens (tertiary/aromatic N) is 2. The third-order valence-corrected chi connectivity index (χ3v) is 24.5. The molecule has 3 aliphatic carbocycles. The molecule has 0 N–H and O–H groups in total. The summed E-state index contributed by atoms with van der Waals surface area (Å²) in [6, 6.07) is 112. The predicted molar refractivity (Wildman–Crippen MR) is 443 cm³/mol. The summed E-state index contributed by atoms with van der Waals surface area (Å²) in [6.07, 6.45) is 0. The first kappa shape index (κ1) is 60.3. The number of hydrogen-bond acceptors (Lipinski definition) is 6. The first-order valence-corrected chi connectivity index (χ1v) is 37.2. The zero-order valence-electron chi connectivity index (χ0n) is 59.9. The van der Waals surface area contributed by atoms with Gasteiger partial charge in [0.2, 0.25) is 0 Å². The maximum Gasteiger partial charge on any atom is 0.137 e. The van der Waals surface area contributed by atoms with Crippen molar-refractivity contribution < 1.29 is 17.7 Å². The number of fused-ring (bicyclic) bond motifs is 23. The fourth-order valence-corrected chi connectivity index (χ4v) is 19.0. The minimum atomic E-state index is -0.333. The van der Waals surface area contributed by atoms with Crippen LogP contribution in [0.15, 0.2) is 321 Å². The van der Waals surface area contributed by atoms with Gasteiger partial charge in [-0.15, -0.1) is 0 Å². The van der Waals surface area contributed by atoms with Crippen molar-refractivity contribution in [1.29, 1.82) is 0 Å². The molecule has 0 saturated heterocycles. The molecule has 0 spiro atoms. The molecular formula is C101H68N2O4. The molecule has 20 aromatic rings. The molecule has 0 atom stereocenters. The normalized spacial score (nSPS) is 14.3. The Balaban J connectivity index is 0.628. The van der Waals surface area contributed by atoms with Crippen LogP contribution in [0.2, 0.25) is 0 Å². The largest absolute Gasteiger partial charge is 0.456 e. The van der Waals surface area contributed by atoms with Crippen LogP contribution in [0.25, 0.3) is 165 Å². The fourth-order valence-electron chi connectivity index (χ4n) is 19.0. The molecule has 16 aromatic carbocycles. The minimum Gasteiger partial charge on any atom is -0.456 e. The van der Waals surface area contributed by atoms with Crippen molar-refractivity contribution in [3.63, 3.8) is 0 Å². The molecule has 6 nitrogen and oxygen atoms in total. The molecule has 0 unspecified atom stereocenters. The van der Waals surface area contributed by atoms with Gasteiger partial charge in [-0.1, -0.05) is 199 Å². The Kier molecular flexibility index (Phi) is 12.1. The van der Waals surface area contributed by atoms with Crippen molar-refractivity contribution >= 4 is 143 Å². The van der Waals surface area contributed by atoms with E-state index in [-0.39, 0.29) is 16.2 Å². The molecule has 107 heavy (non-hydrogen) atoms. The van der Waals surface area contributed by atoms with Crippen LogP contribution < -0.4 is 9.80 Å². The third kappa shape index (κ3) is 8.69. The Morgan fingerprint density at radius 3 is 1.01 bits per heavy atom. The van der Waals surface area contributed by atoms with Gasteiger partial charge in [0.05, 0.1) is 0 Å². The van der Waals surface area contributed by atoms with Gasteiger partial charge < -0.3 is 27.5 Å². The highest BCUT2D eigenvalue weighted by molar-refractivity contribution is 6.13. The maximum absolute atomic E-state index is 7.16. The Morgan fingerprint density at radius 2 is 0.551 bits per heavy atom. The SMILES string of the molecule is CC1(C)c2cc3c(cc2-c2cc4oc5cc(N(c6ccc7c(c6)C(C)(C)c6ccc8ccccc8c6-7)c6ccc7cc(-c8cc9ccccc9o8)ccc7c6)ccc5c4cc21)oc1cc(N(c2ccc4c(c2)C(C)(C)c2ccc5ccccc5c2-4)c2ccc4cc(-c5cc6ccccc6o5)ccc4c2)ccc13. The highest BCUT2D eigenvalue weighted by atomic mass is 16.3. The van der Waals surface area contributed by atoms with E-state index >= 15 is 0 Å². The van der Waals surface area contributed by atoms with Crippen LogP contribution in [-0.4, -0.2) is 0 Å². The summed E-state index contributed by atoms with van der Waals surface area (Å²) in [4.78, 5) is 4.82. The molecule has 0 aliphatic heterocycles. The lowest BCUT2D eigenvalue weighted by atomic mass is 9.81. The summed E-state index contributed by atoms with van der Waals surface area (Å²) in [5.41, 5.74) is 28.1. The van der Waals surface area contributed by atoms with E-state index in [1.807, 2.05) is 24.3 Å². The summed E-state index contributed by atoms with van der Waals surface area (Å²) in [7, 11) is 0. The van der Waals surface area contributed by atoms with Gasteiger partial charge in [0.15, 0.2) is 0 Å². The first-order valence-electron chi connectivity index (χ1n) is 37.2. The zero-order valence-corrected chi connectivity index (χ0v) is 59.9. The Morgan fingerprint density at radius 1 is 0.206 bits per heavy atom. The van der Waals surface area contributed by atoms with Crippen LogP contribution >= 0.6 is 0 Å². The minimum absolute atomic E-state index is 0.235. The van der Waals surface area contributed by atoms with Crippen LogP contribution in [0.5, 0.6) is 0 Å². The Hall–Kier alpha value is -13.2. The average molecular weight is 1370 g/mol. The van der Waals surface area contributed by atoms with E-state index in [1.165, 1.54) is 77.2 Å². The van der Waals surface area contributed by atoms with Crippen molar-refractivity contribution in [3.8, 4) is 56.0 Å². The monoisotopic (exact) mass is 1370 g/mol. The lowest BCUT2D eigenvalue weighted by Crippen LogP contribution is -2.16. The van der Waals surface area contributed by atoms with Gasteiger partial charge in [-0.2, -0.15) is 0 Å². The number of rotatable bonds is 8. The second-order valence-electron chi connectivity index (χ2n) is 31.6. The van der Waals surface area contributed by atoms with E-state index in [1.54, 1.807) is 0 Å². The zero-order chi connectivity index (χ0) is 71.1. The van der Waals surface area contributed by atoms with Crippen molar-refractivity contribution in [3.05, 3.63) is 337 Å². The highest BCUT2D eigenvalue weighted by Crippen LogP contribution is 2.58. The van der Waals surface area contributed by atoms with E-state index < -0.39 is 0 Å². The Labute approximate surface area is 617 Å². The number of benzene rings is 16. The fraction of sp³-hybridized carbons (Fsp3) is 0.0891. The van der Waals surface area contributed by atoms with Gasteiger partial charge in [-0.3, -0.25) is 0 Å². The average Bonchev–Trinajstić information content (AvgIpc) is 1.56. The predicted octanol–water partition coefficient (Wildman–Crippen LogP) is 28.8. The van der Waals surface area contributed by atoms with Crippen LogP contribution in [0.1, 0.15) is 74.9 Å². The molecule has 506 valence electrons. The highest BCUT2D eigenvalue weighted by Gasteiger charge is 2.41. The lowest BCUT2D eigenvalue weighted by Gasteiger charge is -2.28. The number of anilines is 6. The van der Waals surface area contributed by atoms with E-state index in [0.29, 0.717) is 0 Å². The van der Waals surface area contributed by atoms with Crippen LogP contribution in [0.4, 0.5) is 34.1 Å². The van der Waals surface area contributed by atoms with E-state index in [4.69, 9.17) is 17.7 Å². The van der Waals surface area contributed by atoms with Crippen LogP contribution in [-0.2, 0) is 16.2 Å². The van der Waals surface area contributed by atoms with E-state index in [0.717, 1.165) is 155 Å². The van der Waals surface area contributed by atoms with Crippen molar-refractivity contribution in [2.75, 3.05) is 9.80 Å². The molecule has 23 rings (SSSR count). The molecular weight excluding hydrogens is 1310 g/mol. The summed E-state index contributed by atoms with van der Waals surface area (Å²) >= 11 is 0. The second-order valence-corrected chi connectivity index (χ2v) is 31.6. The van der Waals surface area contributed by atoms with Gasteiger partial charge in [0.25, 0.3) is 0 Å². The molecule has 6 heteroatoms. The topological polar surface area (TPSA) is 59.0 Å². The van der Waals surface area contributed by atoms with E-state index in [9.17, 15) is 0 Å². The molecule has 0 fully saturated rings. The maximum atomic E-state index is 7.16. The third-order valence-electron chi connectivity index (χ3n) is 24.5. The van der Waals surface area contributed by atoms with Gasteiger partial charge >= 0.3 is 0 Å².